The molecular formula is C67H112O6. The standard InChI is InChI=1S/C67H112O6/c1-4-7-10-13-16-18-20-22-24-26-28-30-32-33-35-36-38-40-42-44-46-48-51-54-57-60-66(69)72-63-64(62-71-65(68)59-56-53-50-15-12-9-6-3)73-67(70)61-58-55-52-49-47-45-43-41-39-37-34-31-29-27-25-23-21-19-17-14-11-8-5-2/h7-8,10-11,16-19,22-25,28-31,33,35,64H,4-6,9,12-15,20-21,26-27,32,34,36-63H2,1-3H3/b10-7-,11-8-,18-16-,19-17-,24-22-,25-23-,30-28-,31-29-,35-33-. The Balaban J connectivity index is 4.19. The molecule has 0 spiro atoms. The van der Waals surface area contributed by atoms with Crippen LogP contribution in [0.3, 0.4) is 0 Å². The zero-order valence-corrected chi connectivity index (χ0v) is 47.6. The van der Waals surface area contributed by atoms with Crippen LogP contribution in [0.1, 0.15) is 278 Å². The van der Waals surface area contributed by atoms with Gasteiger partial charge in [-0.05, 0) is 103 Å². The van der Waals surface area contributed by atoms with Gasteiger partial charge in [0.2, 0.25) is 0 Å². The average Bonchev–Trinajstić information content (AvgIpc) is 3.39. The molecule has 1 atom stereocenters. The molecule has 416 valence electrons. The zero-order chi connectivity index (χ0) is 52.9. The highest BCUT2D eigenvalue weighted by Gasteiger charge is 2.19. The van der Waals surface area contributed by atoms with Crippen molar-refractivity contribution >= 4 is 17.9 Å². The van der Waals surface area contributed by atoms with Gasteiger partial charge < -0.3 is 14.2 Å². The van der Waals surface area contributed by atoms with Crippen molar-refractivity contribution in [1.82, 2.24) is 0 Å². The molecule has 0 rings (SSSR count). The number of ether oxygens (including phenoxy) is 3. The quantitative estimate of drug-likeness (QED) is 0.0261. The molecule has 0 saturated carbocycles. The van der Waals surface area contributed by atoms with Crippen LogP contribution in [-0.4, -0.2) is 37.2 Å². The van der Waals surface area contributed by atoms with Crippen LogP contribution in [-0.2, 0) is 28.6 Å². The fraction of sp³-hybridized carbons (Fsp3) is 0.687. The van der Waals surface area contributed by atoms with Crippen molar-refractivity contribution in [2.24, 2.45) is 0 Å². The fourth-order valence-electron chi connectivity index (χ4n) is 8.28. The van der Waals surface area contributed by atoms with Crippen LogP contribution in [0.15, 0.2) is 109 Å². The summed E-state index contributed by atoms with van der Waals surface area (Å²) in [5, 5.41) is 0. The summed E-state index contributed by atoms with van der Waals surface area (Å²) in [5.41, 5.74) is 0. The van der Waals surface area contributed by atoms with Crippen molar-refractivity contribution < 1.29 is 28.6 Å². The smallest absolute Gasteiger partial charge is 0.306 e. The topological polar surface area (TPSA) is 78.9 Å². The predicted molar refractivity (Wildman–Crippen MR) is 316 cm³/mol. The lowest BCUT2D eigenvalue weighted by Gasteiger charge is -2.18. The number of carbonyl (C=O) groups is 3. The minimum atomic E-state index is -0.782. The lowest BCUT2D eigenvalue weighted by atomic mass is 10.0. The lowest BCUT2D eigenvalue weighted by molar-refractivity contribution is -0.167. The van der Waals surface area contributed by atoms with Gasteiger partial charge >= 0.3 is 17.9 Å². The number of esters is 3. The molecule has 0 bridgehead atoms. The summed E-state index contributed by atoms with van der Waals surface area (Å²) in [6, 6.07) is 0. The summed E-state index contributed by atoms with van der Waals surface area (Å²) in [6.07, 6.45) is 82.5. The molecule has 0 radical (unpaired) electrons. The van der Waals surface area contributed by atoms with Crippen molar-refractivity contribution in [1.29, 1.82) is 0 Å². The second-order valence-corrected chi connectivity index (χ2v) is 19.9. The molecule has 6 nitrogen and oxygen atoms in total. The second-order valence-electron chi connectivity index (χ2n) is 19.9. The van der Waals surface area contributed by atoms with Crippen LogP contribution < -0.4 is 0 Å². The van der Waals surface area contributed by atoms with Crippen LogP contribution in [0, 0.1) is 0 Å². The Kier molecular flexibility index (Phi) is 57.4. The Labute approximate surface area is 450 Å². The number of hydrogen-bond donors (Lipinski definition) is 0. The highest BCUT2D eigenvalue weighted by molar-refractivity contribution is 5.71. The average molecular weight is 1010 g/mol. The summed E-state index contributed by atoms with van der Waals surface area (Å²) >= 11 is 0. The molecule has 0 saturated heterocycles. The maximum atomic E-state index is 12.9. The number of rotatable bonds is 54. The highest BCUT2D eigenvalue weighted by Crippen LogP contribution is 2.15. The molecular weight excluding hydrogens is 901 g/mol. The summed E-state index contributed by atoms with van der Waals surface area (Å²) in [4.78, 5) is 38.0. The van der Waals surface area contributed by atoms with Crippen molar-refractivity contribution in [2.75, 3.05) is 13.2 Å². The molecule has 6 heteroatoms. The third-order valence-corrected chi connectivity index (χ3v) is 12.8. The number of hydrogen-bond acceptors (Lipinski definition) is 6. The van der Waals surface area contributed by atoms with E-state index in [0.29, 0.717) is 19.3 Å². The summed E-state index contributed by atoms with van der Waals surface area (Å²) in [6.45, 7) is 6.37. The van der Waals surface area contributed by atoms with Crippen LogP contribution in [0.25, 0.3) is 0 Å². The maximum absolute atomic E-state index is 12.9. The Morgan fingerprint density at radius 1 is 0.288 bits per heavy atom. The fourth-order valence-corrected chi connectivity index (χ4v) is 8.28. The molecule has 1 unspecified atom stereocenters. The van der Waals surface area contributed by atoms with Crippen LogP contribution >= 0.6 is 0 Å². The van der Waals surface area contributed by atoms with E-state index in [1.54, 1.807) is 0 Å². The van der Waals surface area contributed by atoms with Crippen molar-refractivity contribution in [3.8, 4) is 0 Å². The first kappa shape index (κ1) is 69.1. The molecule has 0 fully saturated rings. The number of unbranched alkanes of at least 4 members (excludes halogenated alkanes) is 25. The second kappa shape index (κ2) is 60.6. The first-order valence-corrected chi connectivity index (χ1v) is 30.4. The van der Waals surface area contributed by atoms with Crippen LogP contribution in [0.5, 0.6) is 0 Å². The molecule has 0 aliphatic carbocycles. The van der Waals surface area contributed by atoms with Crippen molar-refractivity contribution in [2.45, 2.75) is 284 Å². The minimum Gasteiger partial charge on any atom is -0.462 e. The normalized spacial score (nSPS) is 12.9. The van der Waals surface area contributed by atoms with E-state index in [0.717, 1.165) is 122 Å². The van der Waals surface area contributed by atoms with Gasteiger partial charge in [0.25, 0.3) is 0 Å². The minimum absolute atomic E-state index is 0.0812. The van der Waals surface area contributed by atoms with E-state index in [2.05, 4.69) is 130 Å². The Bertz CT molecular complexity index is 1490. The van der Waals surface area contributed by atoms with E-state index in [4.69, 9.17) is 14.2 Å². The van der Waals surface area contributed by atoms with E-state index < -0.39 is 6.10 Å². The van der Waals surface area contributed by atoms with E-state index in [1.807, 2.05) is 0 Å². The Hall–Kier alpha value is -3.93. The van der Waals surface area contributed by atoms with E-state index in [9.17, 15) is 14.4 Å². The summed E-state index contributed by atoms with van der Waals surface area (Å²) in [5.74, 6) is -0.895. The number of carbonyl (C=O) groups excluding carboxylic acids is 3. The van der Waals surface area contributed by atoms with E-state index in [1.165, 1.54) is 116 Å². The number of allylic oxidation sites excluding steroid dienone is 18. The van der Waals surface area contributed by atoms with Gasteiger partial charge in [-0.1, -0.05) is 265 Å². The van der Waals surface area contributed by atoms with Gasteiger partial charge in [-0.3, -0.25) is 14.4 Å². The molecule has 0 aliphatic rings. The van der Waals surface area contributed by atoms with Gasteiger partial charge in [-0.25, -0.2) is 0 Å². The zero-order valence-electron chi connectivity index (χ0n) is 47.6. The molecule has 0 heterocycles. The third-order valence-electron chi connectivity index (χ3n) is 12.8. The predicted octanol–water partition coefficient (Wildman–Crippen LogP) is 20.7. The van der Waals surface area contributed by atoms with E-state index >= 15 is 0 Å². The molecule has 0 aromatic carbocycles. The Morgan fingerprint density at radius 2 is 0.534 bits per heavy atom. The van der Waals surface area contributed by atoms with Gasteiger partial charge in [0, 0.05) is 19.3 Å². The third kappa shape index (κ3) is 58.8. The van der Waals surface area contributed by atoms with E-state index in [-0.39, 0.29) is 31.1 Å². The molecule has 0 aromatic heterocycles. The first-order valence-electron chi connectivity index (χ1n) is 30.4. The largest absolute Gasteiger partial charge is 0.462 e. The molecule has 73 heavy (non-hydrogen) atoms. The first-order chi connectivity index (χ1) is 36.0. The van der Waals surface area contributed by atoms with Crippen LogP contribution in [0.2, 0.25) is 0 Å². The lowest BCUT2D eigenvalue weighted by Crippen LogP contribution is -2.30. The maximum Gasteiger partial charge on any atom is 0.306 e. The van der Waals surface area contributed by atoms with Crippen molar-refractivity contribution in [3.05, 3.63) is 109 Å². The van der Waals surface area contributed by atoms with Gasteiger partial charge in [-0.2, -0.15) is 0 Å². The highest BCUT2D eigenvalue weighted by atomic mass is 16.6. The van der Waals surface area contributed by atoms with Gasteiger partial charge in [0.05, 0.1) is 0 Å². The summed E-state index contributed by atoms with van der Waals surface area (Å²) < 4.78 is 16.8. The van der Waals surface area contributed by atoms with Crippen LogP contribution in [0.4, 0.5) is 0 Å². The van der Waals surface area contributed by atoms with Gasteiger partial charge in [0.15, 0.2) is 6.10 Å². The SMILES string of the molecule is CC/C=C\C/C=C\C/C=C\C/C=C\C/C=C\CCCCCCCCCCCC(=O)OCC(COC(=O)CCCCCCCCC)OC(=O)CCCCCCCCCCCC/C=C\C/C=C\C/C=C\C/C=C\CC. The molecule has 0 aliphatic heterocycles. The van der Waals surface area contributed by atoms with Gasteiger partial charge in [0.1, 0.15) is 13.2 Å². The molecule has 0 N–H and O–H groups in total. The van der Waals surface area contributed by atoms with Crippen molar-refractivity contribution in [3.63, 3.8) is 0 Å². The Morgan fingerprint density at radius 3 is 0.836 bits per heavy atom. The monoisotopic (exact) mass is 1010 g/mol. The molecule has 0 amide bonds. The summed E-state index contributed by atoms with van der Waals surface area (Å²) in [7, 11) is 0. The molecule has 0 aromatic rings. The van der Waals surface area contributed by atoms with Gasteiger partial charge in [-0.15, -0.1) is 0 Å².